The fourth-order valence-electron chi connectivity index (χ4n) is 3.65. The molecular formula is C23H24N4OS. The second-order valence-electron chi connectivity index (χ2n) is 7.24. The summed E-state index contributed by atoms with van der Waals surface area (Å²) in [5.74, 6) is 0.687. The average molecular weight is 405 g/mol. The van der Waals surface area contributed by atoms with E-state index in [4.69, 9.17) is 0 Å². The Morgan fingerprint density at radius 2 is 1.93 bits per heavy atom. The molecule has 29 heavy (non-hydrogen) atoms. The van der Waals surface area contributed by atoms with E-state index in [0.717, 1.165) is 34.6 Å². The van der Waals surface area contributed by atoms with Gasteiger partial charge in [0.25, 0.3) is 5.91 Å². The van der Waals surface area contributed by atoms with E-state index in [-0.39, 0.29) is 11.9 Å². The monoisotopic (exact) mass is 404 g/mol. The molecule has 6 heteroatoms. The topological polar surface area (TPSA) is 58.1 Å². The predicted molar refractivity (Wildman–Crippen MR) is 118 cm³/mol. The molecular weight excluding hydrogens is 380 g/mol. The Balaban J connectivity index is 1.48. The predicted octanol–water partition coefficient (Wildman–Crippen LogP) is 4.50. The van der Waals surface area contributed by atoms with Crippen molar-refractivity contribution in [3.8, 4) is 11.1 Å². The Morgan fingerprint density at radius 1 is 1.14 bits per heavy atom. The third-order valence-electron chi connectivity index (χ3n) is 5.16. The van der Waals surface area contributed by atoms with Gasteiger partial charge in [0.05, 0.1) is 0 Å². The van der Waals surface area contributed by atoms with Gasteiger partial charge in [-0.1, -0.05) is 48.0 Å². The zero-order valence-corrected chi connectivity index (χ0v) is 17.4. The van der Waals surface area contributed by atoms with Crippen molar-refractivity contribution < 1.29 is 4.79 Å². The molecule has 0 aliphatic carbocycles. The lowest BCUT2D eigenvalue weighted by Crippen LogP contribution is -2.32. The third-order valence-corrected chi connectivity index (χ3v) is 5.84. The molecule has 1 amide bonds. The summed E-state index contributed by atoms with van der Waals surface area (Å²) in [6.45, 7) is 3.44. The molecule has 1 fully saturated rings. The molecule has 0 bridgehead atoms. The molecule has 4 rings (SSSR count). The molecule has 0 radical (unpaired) electrons. The van der Waals surface area contributed by atoms with Crippen LogP contribution < -0.4 is 5.32 Å². The van der Waals surface area contributed by atoms with Gasteiger partial charge < -0.3 is 10.2 Å². The molecule has 1 atom stereocenters. The van der Waals surface area contributed by atoms with E-state index in [1.54, 1.807) is 11.8 Å². The van der Waals surface area contributed by atoms with Crippen molar-refractivity contribution in [2.75, 3.05) is 24.7 Å². The van der Waals surface area contributed by atoms with E-state index >= 15 is 0 Å². The Labute approximate surface area is 175 Å². The molecule has 1 aliphatic heterocycles. The number of nitrogens with one attached hydrogen (secondary N) is 1. The largest absolute Gasteiger partial charge is 0.350 e. The maximum atomic E-state index is 13.3. The zero-order chi connectivity index (χ0) is 20.2. The van der Waals surface area contributed by atoms with Crippen LogP contribution in [0.3, 0.4) is 0 Å². The molecule has 1 aromatic heterocycles. The summed E-state index contributed by atoms with van der Waals surface area (Å²) in [4.78, 5) is 24.9. The van der Waals surface area contributed by atoms with Gasteiger partial charge in [0, 0.05) is 42.0 Å². The SMILES string of the molecule is CSc1cnc(N[C@@H]2CCN(C(=O)c3ccccc3-c3cccc(C)c3)C2)nc1. The van der Waals surface area contributed by atoms with Crippen molar-refractivity contribution >= 4 is 23.6 Å². The average Bonchev–Trinajstić information content (AvgIpc) is 3.22. The number of anilines is 1. The first kappa shape index (κ1) is 19.5. The highest BCUT2D eigenvalue weighted by Gasteiger charge is 2.28. The third kappa shape index (κ3) is 4.43. The highest BCUT2D eigenvalue weighted by atomic mass is 32.2. The molecule has 5 nitrogen and oxygen atoms in total. The van der Waals surface area contributed by atoms with Crippen LogP contribution in [-0.2, 0) is 0 Å². The normalized spacial score (nSPS) is 16.1. The first-order valence-electron chi connectivity index (χ1n) is 9.72. The number of carbonyl (C=O) groups is 1. The van der Waals surface area contributed by atoms with Crippen LogP contribution in [0, 0.1) is 6.92 Å². The summed E-state index contributed by atoms with van der Waals surface area (Å²) in [7, 11) is 0. The van der Waals surface area contributed by atoms with Gasteiger partial charge in [-0.2, -0.15) is 0 Å². The van der Waals surface area contributed by atoms with Crippen LogP contribution in [0.25, 0.3) is 11.1 Å². The number of carbonyl (C=O) groups excluding carboxylic acids is 1. The molecule has 2 heterocycles. The van der Waals surface area contributed by atoms with E-state index in [0.29, 0.717) is 12.5 Å². The molecule has 1 N–H and O–H groups in total. The maximum absolute atomic E-state index is 13.3. The van der Waals surface area contributed by atoms with E-state index in [9.17, 15) is 4.79 Å². The van der Waals surface area contributed by atoms with E-state index in [1.165, 1.54) is 5.56 Å². The summed E-state index contributed by atoms with van der Waals surface area (Å²) < 4.78 is 0. The number of likely N-dealkylation sites (tertiary alicyclic amines) is 1. The van der Waals surface area contributed by atoms with Crippen molar-refractivity contribution in [2.24, 2.45) is 0 Å². The lowest BCUT2D eigenvalue weighted by Gasteiger charge is -2.19. The number of amides is 1. The van der Waals surface area contributed by atoms with Crippen molar-refractivity contribution in [3.05, 3.63) is 72.1 Å². The second kappa shape index (κ2) is 8.66. The highest BCUT2D eigenvalue weighted by molar-refractivity contribution is 7.98. The van der Waals surface area contributed by atoms with Gasteiger partial charge in [0.1, 0.15) is 0 Å². The van der Waals surface area contributed by atoms with Crippen molar-refractivity contribution in [1.29, 1.82) is 0 Å². The van der Waals surface area contributed by atoms with Crippen molar-refractivity contribution in [2.45, 2.75) is 24.3 Å². The van der Waals surface area contributed by atoms with Gasteiger partial charge in [-0.3, -0.25) is 4.79 Å². The zero-order valence-electron chi connectivity index (χ0n) is 16.6. The molecule has 3 aromatic rings. The fraction of sp³-hybridized carbons (Fsp3) is 0.261. The Hall–Kier alpha value is -2.86. The number of hydrogen-bond donors (Lipinski definition) is 1. The standard InChI is InChI=1S/C23H24N4OS/c1-16-6-5-7-17(12-16)20-8-3-4-9-21(20)22(28)27-11-10-18(15-27)26-23-24-13-19(29-2)14-25-23/h3-9,12-14,18H,10-11,15H2,1-2H3,(H,24,25,26)/t18-/m1/s1. The van der Waals surface area contributed by atoms with Crippen LogP contribution in [0.15, 0.2) is 65.8 Å². The summed E-state index contributed by atoms with van der Waals surface area (Å²) in [5, 5.41) is 3.36. The molecule has 1 saturated heterocycles. The van der Waals surface area contributed by atoms with Gasteiger partial charge in [-0.25, -0.2) is 9.97 Å². The number of aryl methyl sites for hydroxylation is 1. The lowest BCUT2D eigenvalue weighted by molar-refractivity contribution is 0.0792. The van der Waals surface area contributed by atoms with Gasteiger partial charge in [-0.05, 0) is 36.8 Å². The molecule has 148 valence electrons. The van der Waals surface area contributed by atoms with Gasteiger partial charge >= 0.3 is 0 Å². The fourth-order valence-corrected chi connectivity index (χ4v) is 3.96. The first-order chi connectivity index (χ1) is 14.1. The summed E-state index contributed by atoms with van der Waals surface area (Å²) in [6, 6.07) is 16.3. The summed E-state index contributed by atoms with van der Waals surface area (Å²) in [5.41, 5.74) is 3.99. The summed E-state index contributed by atoms with van der Waals surface area (Å²) in [6.07, 6.45) is 6.51. The van der Waals surface area contributed by atoms with E-state index in [2.05, 4.69) is 40.4 Å². The van der Waals surface area contributed by atoms with Crippen LogP contribution in [-0.4, -0.2) is 46.2 Å². The number of thioether (sulfide) groups is 1. The van der Waals surface area contributed by atoms with Crippen LogP contribution in [0.2, 0.25) is 0 Å². The number of nitrogens with zero attached hydrogens (tertiary/aromatic N) is 3. The highest BCUT2D eigenvalue weighted by Crippen LogP contribution is 2.27. The number of aromatic nitrogens is 2. The van der Waals surface area contributed by atoms with Crippen LogP contribution in [0.5, 0.6) is 0 Å². The summed E-state index contributed by atoms with van der Waals surface area (Å²) >= 11 is 1.62. The smallest absolute Gasteiger partial charge is 0.254 e. The van der Waals surface area contributed by atoms with Gasteiger partial charge in [-0.15, -0.1) is 11.8 Å². The van der Waals surface area contributed by atoms with Crippen LogP contribution >= 0.6 is 11.8 Å². The van der Waals surface area contributed by atoms with E-state index in [1.807, 2.05) is 53.9 Å². The van der Waals surface area contributed by atoms with Crippen molar-refractivity contribution in [1.82, 2.24) is 14.9 Å². The number of benzene rings is 2. The molecule has 0 unspecified atom stereocenters. The number of rotatable bonds is 5. The number of hydrogen-bond acceptors (Lipinski definition) is 5. The quantitative estimate of drug-likeness (QED) is 0.635. The van der Waals surface area contributed by atoms with Crippen LogP contribution in [0.4, 0.5) is 5.95 Å². The molecule has 0 saturated carbocycles. The van der Waals surface area contributed by atoms with Crippen molar-refractivity contribution in [3.63, 3.8) is 0 Å². The minimum absolute atomic E-state index is 0.0741. The Bertz CT molecular complexity index is 1010. The first-order valence-corrected chi connectivity index (χ1v) is 10.9. The molecule has 0 spiro atoms. The Kier molecular flexibility index (Phi) is 5.81. The van der Waals surface area contributed by atoms with Gasteiger partial charge in [0.15, 0.2) is 0 Å². The minimum Gasteiger partial charge on any atom is -0.350 e. The lowest BCUT2D eigenvalue weighted by atomic mass is 9.97. The Morgan fingerprint density at radius 3 is 2.69 bits per heavy atom. The molecule has 2 aromatic carbocycles. The maximum Gasteiger partial charge on any atom is 0.254 e. The van der Waals surface area contributed by atoms with Gasteiger partial charge in [0.2, 0.25) is 5.95 Å². The minimum atomic E-state index is 0.0741. The van der Waals surface area contributed by atoms with E-state index < -0.39 is 0 Å². The second-order valence-corrected chi connectivity index (χ2v) is 8.12. The molecule has 1 aliphatic rings. The van der Waals surface area contributed by atoms with Crippen LogP contribution in [0.1, 0.15) is 22.3 Å².